The minimum absolute atomic E-state index is 0.273. The van der Waals surface area contributed by atoms with E-state index >= 15 is 0 Å². The van der Waals surface area contributed by atoms with Crippen LogP contribution in [0.15, 0.2) is 60.7 Å². The molecule has 0 saturated heterocycles. The summed E-state index contributed by atoms with van der Waals surface area (Å²) >= 11 is 0. The first-order valence-corrected chi connectivity index (χ1v) is 7.91. The second-order valence-electron chi connectivity index (χ2n) is 5.47. The fourth-order valence-corrected chi connectivity index (χ4v) is 2.24. The first-order chi connectivity index (χ1) is 12.6. The van der Waals surface area contributed by atoms with Crippen molar-refractivity contribution in [3.8, 4) is 5.75 Å². The average molecular weight is 352 g/mol. The summed E-state index contributed by atoms with van der Waals surface area (Å²) in [5.74, 6) is 0.915. The Hall–Kier alpha value is -3.48. The smallest absolute Gasteiger partial charge is 0.256 e. The molecule has 26 heavy (non-hydrogen) atoms. The van der Waals surface area contributed by atoms with E-state index < -0.39 is 0 Å². The molecule has 3 rings (SSSR count). The molecule has 0 saturated carbocycles. The molecular formula is C19H17FN4O2. The molecule has 0 unspecified atom stereocenters. The quantitative estimate of drug-likeness (QED) is 0.710. The Bertz CT molecular complexity index is 883. The molecule has 0 bridgehead atoms. The van der Waals surface area contributed by atoms with E-state index in [1.165, 1.54) is 12.1 Å². The van der Waals surface area contributed by atoms with Crippen LogP contribution in [0.2, 0.25) is 0 Å². The van der Waals surface area contributed by atoms with Crippen molar-refractivity contribution in [1.82, 2.24) is 10.2 Å². The summed E-state index contributed by atoms with van der Waals surface area (Å²) < 4.78 is 18.0. The van der Waals surface area contributed by atoms with E-state index in [-0.39, 0.29) is 11.7 Å². The molecule has 0 aliphatic heterocycles. The van der Waals surface area contributed by atoms with Crippen molar-refractivity contribution in [2.45, 2.75) is 6.54 Å². The highest BCUT2D eigenvalue weighted by molar-refractivity contribution is 6.03. The molecule has 6 nitrogen and oxygen atoms in total. The van der Waals surface area contributed by atoms with E-state index in [4.69, 9.17) is 4.74 Å². The van der Waals surface area contributed by atoms with Crippen LogP contribution in [0.3, 0.4) is 0 Å². The number of rotatable bonds is 6. The average Bonchev–Trinajstić information content (AvgIpc) is 2.68. The summed E-state index contributed by atoms with van der Waals surface area (Å²) in [6.45, 7) is 0.491. The molecule has 1 heterocycles. The highest BCUT2D eigenvalue weighted by atomic mass is 19.1. The summed E-state index contributed by atoms with van der Waals surface area (Å²) in [5, 5.41) is 13.8. The molecule has 2 aromatic carbocycles. The van der Waals surface area contributed by atoms with Crippen molar-refractivity contribution < 1.29 is 13.9 Å². The van der Waals surface area contributed by atoms with Crippen molar-refractivity contribution in [1.29, 1.82) is 0 Å². The molecule has 0 aliphatic rings. The molecule has 0 fully saturated rings. The predicted molar refractivity (Wildman–Crippen MR) is 96.7 cm³/mol. The van der Waals surface area contributed by atoms with Crippen molar-refractivity contribution in [3.05, 3.63) is 77.6 Å². The maximum absolute atomic E-state index is 12.9. The monoisotopic (exact) mass is 352 g/mol. The van der Waals surface area contributed by atoms with Crippen LogP contribution >= 0.6 is 0 Å². The summed E-state index contributed by atoms with van der Waals surface area (Å²) in [5.41, 5.74) is 1.38. The number of halogens is 1. The van der Waals surface area contributed by atoms with Gasteiger partial charge in [0.1, 0.15) is 17.4 Å². The first kappa shape index (κ1) is 17.3. The maximum atomic E-state index is 12.9. The zero-order chi connectivity index (χ0) is 18.4. The fraction of sp³-hybridized carbons (Fsp3) is 0.105. The van der Waals surface area contributed by atoms with E-state index in [2.05, 4.69) is 20.8 Å². The lowest BCUT2D eigenvalue weighted by Gasteiger charge is -2.07. The van der Waals surface area contributed by atoms with Gasteiger partial charge < -0.3 is 15.4 Å². The van der Waals surface area contributed by atoms with Crippen LogP contribution in [0.1, 0.15) is 15.9 Å². The molecule has 2 N–H and O–H groups in total. The number of carbonyl (C=O) groups excluding carboxylic acids is 1. The molecule has 0 aliphatic carbocycles. The molecule has 7 heteroatoms. The lowest BCUT2D eigenvalue weighted by atomic mass is 10.2. The van der Waals surface area contributed by atoms with Crippen LogP contribution in [-0.2, 0) is 6.54 Å². The number of nitrogens with zero attached hydrogens (tertiary/aromatic N) is 2. The predicted octanol–water partition coefficient (Wildman–Crippen LogP) is 3.49. The fourth-order valence-electron chi connectivity index (χ4n) is 2.24. The third kappa shape index (κ3) is 4.54. The van der Waals surface area contributed by atoms with Gasteiger partial charge in [0.25, 0.3) is 5.91 Å². The van der Waals surface area contributed by atoms with Gasteiger partial charge in [-0.3, -0.25) is 4.79 Å². The Morgan fingerprint density at radius 3 is 2.46 bits per heavy atom. The van der Waals surface area contributed by atoms with Gasteiger partial charge in [-0.2, -0.15) is 0 Å². The standard InChI is InChI=1S/C19H17FN4O2/c1-26-16-4-2-3-14(11-16)19(25)22-18-10-9-17(23-24-18)21-12-13-5-7-15(20)8-6-13/h2-11H,12H2,1H3,(H,21,23)(H,22,24,25). The number of hydrogen-bond donors (Lipinski definition) is 2. The van der Waals surface area contributed by atoms with Gasteiger partial charge in [-0.15, -0.1) is 10.2 Å². The molecule has 3 aromatic rings. The maximum Gasteiger partial charge on any atom is 0.256 e. The van der Waals surface area contributed by atoms with Crippen LogP contribution in [0.25, 0.3) is 0 Å². The second kappa shape index (κ2) is 8.06. The lowest BCUT2D eigenvalue weighted by molar-refractivity contribution is 0.102. The van der Waals surface area contributed by atoms with Gasteiger partial charge in [-0.1, -0.05) is 18.2 Å². The molecule has 0 radical (unpaired) electrons. The largest absolute Gasteiger partial charge is 0.497 e. The number of carbonyl (C=O) groups is 1. The number of nitrogens with one attached hydrogen (secondary N) is 2. The molecule has 0 spiro atoms. The van der Waals surface area contributed by atoms with Crippen LogP contribution in [-0.4, -0.2) is 23.2 Å². The minimum atomic E-state index is -0.301. The van der Waals surface area contributed by atoms with Crippen LogP contribution in [0.5, 0.6) is 5.75 Å². The first-order valence-electron chi connectivity index (χ1n) is 7.91. The van der Waals surface area contributed by atoms with E-state index in [0.29, 0.717) is 29.5 Å². The summed E-state index contributed by atoms with van der Waals surface area (Å²) in [6.07, 6.45) is 0. The Labute approximate surface area is 150 Å². The topological polar surface area (TPSA) is 76.1 Å². The number of aromatic nitrogens is 2. The van der Waals surface area contributed by atoms with Gasteiger partial charge in [0.05, 0.1) is 7.11 Å². The van der Waals surface area contributed by atoms with Gasteiger partial charge in [-0.05, 0) is 48.0 Å². The van der Waals surface area contributed by atoms with Crippen molar-refractivity contribution in [2.24, 2.45) is 0 Å². The Morgan fingerprint density at radius 2 is 1.77 bits per heavy atom. The van der Waals surface area contributed by atoms with Crippen LogP contribution in [0.4, 0.5) is 16.0 Å². The Balaban J connectivity index is 1.58. The van der Waals surface area contributed by atoms with Crippen molar-refractivity contribution in [2.75, 3.05) is 17.7 Å². The van der Waals surface area contributed by atoms with Gasteiger partial charge in [-0.25, -0.2) is 4.39 Å². The van der Waals surface area contributed by atoms with E-state index in [9.17, 15) is 9.18 Å². The summed E-state index contributed by atoms with van der Waals surface area (Å²) in [7, 11) is 1.54. The zero-order valence-corrected chi connectivity index (χ0v) is 14.1. The van der Waals surface area contributed by atoms with Crippen molar-refractivity contribution in [3.63, 3.8) is 0 Å². The molecular weight excluding hydrogens is 335 g/mol. The molecule has 1 aromatic heterocycles. The summed E-state index contributed by atoms with van der Waals surface area (Å²) in [4.78, 5) is 12.2. The Morgan fingerprint density at radius 1 is 1.04 bits per heavy atom. The van der Waals surface area contributed by atoms with E-state index in [0.717, 1.165) is 5.56 Å². The van der Waals surface area contributed by atoms with E-state index in [1.54, 1.807) is 55.6 Å². The normalized spacial score (nSPS) is 10.2. The number of benzene rings is 2. The van der Waals surface area contributed by atoms with Gasteiger partial charge >= 0.3 is 0 Å². The zero-order valence-electron chi connectivity index (χ0n) is 14.1. The number of hydrogen-bond acceptors (Lipinski definition) is 5. The third-order valence-corrected chi connectivity index (χ3v) is 3.62. The number of methoxy groups -OCH3 is 1. The van der Waals surface area contributed by atoms with E-state index in [1.807, 2.05) is 0 Å². The Kier molecular flexibility index (Phi) is 5.38. The number of amides is 1. The molecule has 132 valence electrons. The highest BCUT2D eigenvalue weighted by Crippen LogP contribution is 2.14. The second-order valence-corrected chi connectivity index (χ2v) is 5.47. The van der Waals surface area contributed by atoms with Crippen LogP contribution in [0, 0.1) is 5.82 Å². The number of anilines is 2. The van der Waals surface area contributed by atoms with Gasteiger partial charge in [0.2, 0.25) is 0 Å². The summed E-state index contributed by atoms with van der Waals surface area (Å²) in [6, 6.07) is 16.4. The van der Waals surface area contributed by atoms with Crippen LogP contribution < -0.4 is 15.4 Å². The number of ether oxygens (including phenoxy) is 1. The highest BCUT2D eigenvalue weighted by Gasteiger charge is 2.08. The van der Waals surface area contributed by atoms with Gasteiger partial charge in [0.15, 0.2) is 5.82 Å². The third-order valence-electron chi connectivity index (χ3n) is 3.62. The minimum Gasteiger partial charge on any atom is -0.497 e. The van der Waals surface area contributed by atoms with Gasteiger partial charge in [0, 0.05) is 12.1 Å². The molecule has 0 atom stereocenters. The SMILES string of the molecule is COc1cccc(C(=O)Nc2ccc(NCc3ccc(F)cc3)nn2)c1. The molecule has 1 amide bonds. The lowest BCUT2D eigenvalue weighted by Crippen LogP contribution is -2.13. The van der Waals surface area contributed by atoms with Crippen molar-refractivity contribution >= 4 is 17.5 Å².